The summed E-state index contributed by atoms with van der Waals surface area (Å²) in [6.45, 7) is 11.8. The van der Waals surface area contributed by atoms with Gasteiger partial charge in [0.2, 0.25) is 0 Å². The van der Waals surface area contributed by atoms with Crippen LogP contribution in [0.1, 0.15) is 59.3 Å². The molecule has 1 aliphatic heterocycles. The number of nitrogens with zero attached hydrogens (tertiary/aromatic N) is 1. The van der Waals surface area contributed by atoms with E-state index in [-0.39, 0.29) is 0 Å². The third kappa shape index (κ3) is 5.39. The van der Waals surface area contributed by atoms with E-state index in [9.17, 15) is 0 Å². The molecule has 0 aromatic carbocycles. The van der Waals surface area contributed by atoms with Crippen molar-refractivity contribution in [3.63, 3.8) is 0 Å². The molecule has 1 heterocycles. The van der Waals surface area contributed by atoms with E-state index in [2.05, 4.69) is 31.0 Å². The Morgan fingerprint density at radius 1 is 1.12 bits per heavy atom. The van der Waals surface area contributed by atoms with Crippen molar-refractivity contribution >= 4 is 0 Å². The summed E-state index contributed by atoms with van der Waals surface area (Å²) in [7, 11) is 0. The lowest BCUT2D eigenvalue weighted by molar-refractivity contribution is 0.121. The molecule has 1 rings (SSSR count). The SMILES string of the molecule is CCCC1CCN(C(CCC)CNCC)CC1. The zero-order valence-electron chi connectivity index (χ0n) is 12.2. The Labute approximate surface area is 108 Å². The van der Waals surface area contributed by atoms with Gasteiger partial charge in [-0.1, -0.05) is 40.0 Å². The Hall–Kier alpha value is -0.0800. The summed E-state index contributed by atoms with van der Waals surface area (Å²) in [5, 5.41) is 3.53. The van der Waals surface area contributed by atoms with Gasteiger partial charge < -0.3 is 5.32 Å². The van der Waals surface area contributed by atoms with Crippen molar-refractivity contribution in [2.45, 2.75) is 65.3 Å². The average molecular weight is 240 g/mol. The first-order valence-corrected chi connectivity index (χ1v) is 7.76. The Balaban J connectivity index is 2.31. The molecule has 0 aromatic rings. The van der Waals surface area contributed by atoms with Gasteiger partial charge in [0.05, 0.1) is 0 Å². The van der Waals surface area contributed by atoms with Crippen LogP contribution in [-0.4, -0.2) is 37.1 Å². The van der Waals surface area contributed by atoms with Crippen LogP contribution in [0.4, 0.5) is 0 Å². The van der Waals surface area contributed by atoms with E-state index in [4.69, 9.17) is 0 Å². The molecule has 1 atom stereocenters. The molecule has 102 valence electrons. The molecule has 2 nitrogen and oxygen atoms in total. The minimum Gasteiger partial charge on any atom is -0.315 e. The third-order valence-electron chi connectivity index (χ3n) is 4.11. The Bertz CT molecular complexity index is 174. The van der Waals surface area contributed by atoms with Crippen LogP contribution < -0.4 is 5.32 Å². The van der Waals surface area contributed by atoms with Gasteiger partial charge in [0.15, 0.2) is 0 Å². The first kappa shape index (κ1) is 15.0. The fourth-order valence-corrected chi connectivity index (χ4v) is 3.07. The lowest BCUT2D eigenvalue weighted by Crippen LogP contribution is -2.46. The van der Waals surface area contributed by atoms with E-state index in [0.717, 1.165) is 18.5 Å². The highest BCUT2D eigenvalue weighted by Gasteiger charge is 2.23. The lowest BCUT2D eigenvalue weighted by Gasteiger charge is -2.37. The number of likely N-dealkylation sites (N-methyl/N-ethyl adjacent to an activating group) is 1. The summed E-state index contributed by atoms with van der Waals surface area (Å²) in [6, 6.07) is 0.780. The number of nitrogens with one attached hydrogen (secondary N) is 1. The summed E-state index contributed by atoms with van der Waals surface area (Å²) in [5.41, 5.74) is 0. The van der Waals surface area contributed by atoms with Gasteiger partial charge in [0.25, 0.3) is 0 Å². The van der Waals surface area contributed by atoms with Crippen LogP contribution in [0.5, 0.6) is 0 Å². The highest BCUT2D eigenvalue weighted by molar-refractivity contribution is 4.79. The summed E-state index contributed by atoms with van der Waals surface area (Å²) >= 11 is 0. The van der Waals surface area contributed by atoms with E-state index in [1.54, 1.807) is 0 Å². The molecule has 0 saturated carbocycles. The summed E-state index contributed by atoms with van der Waals surface area (Å²) in [5.74, 6) is 1.01. The number of piperidine rings is 1. The van der Waals surface area contributed by atoms with Crippen molar-refractivity contribution in [3.05, 3.63) is 0 Å². The maximum atomic E-state index is 3.53. The molecular weight excluding hydrogens is 208 g/mol. The Morgan fingerprint density at radius 2 is 1.82 bits per heavy atom. The first-order chi connectivity index (χ1) is 8.31. The van der Waals surface area contributed by atoms with Crippen molar-refractivity contribution in [2.24, 2.45) is 5.92 Å². The normalized spacial score (nSPS) is 20.6. The predicted molar refractivity (Wildman–Crippen MR) is 76.4 cm³/mol. The molecule has 1 unspecified atom stereocenters. The van der Waals surface area contributed by atoms with Crippen molar-refractivity contribution in [3.8, 4) is 0 Å². The maximum Gasteiger partial charge on any atom is 0.0220 e. The van der Waals surface area contributed by atoms with Gasteiger partial charge >= 0.3 is 0 Å². The van der Waals surface area contributed by atoms with Gasteiger partial charge in [0, 0.05) is 12.6 Å². The smallest absolute Gasteiger partial charge is 0.0220 e. The van der Waals surface area contributed by atoms with Gasteiger partial charge in [-0.15, -0.1) is 0 Å². The fraction of sp³-hybridized carbons (Fsp3) is 1.00. The van der Waals surface area contributed by atoms with Gasteiger partial charge in [-0.25, -0.2) is 0 Å². The second-order valence-corrected chi connectivity index (χ2v) is 5.52. The summed E-state index contributed by atoms with van der Waals surface area (Å²) < 4.78 is 0. The minimum atomic E-state index is 0.780. The first-order valence-electron chi connectivity index (χ1n) is 7.76. The standard InChI is InChI=1S/C15H32N2/c1-4-7-14-9-11-17(12-10-14)15(8-5-2)13-16-6-3/h14-16H,4-13H2,1-3H3. The van der Waals surface area contributed by atoms with Crippen LogP contribution in [0.15, 0.2) is 0 Å². The molecule has 0 amide bonds. The molecule has 0 spiro atoms. The molecule has 1 fully saturated rings. The zero-order chi connectivity index (χ0) is 12.5. The van der Waals surface area contributed by atoms with Crippen molar-refractivity contribution < 1.29 is 0 Å². The number of rotatable bonds is 8. The maximum absolute atomic E-state index is 3.53. The molecular formula is C15H32N2. The molecule has 1 N–H and O–H groups in total. The van der Waals surface area contributed by atoms with E-state index < -0.39 is 0 Å². The summed E-state index contributed by atoms with van der Waals surface area (Å²) in [4.78, 5) is 2.73. The van der Waals surface area contributed by atoms with Crippen LogP contribution in [-0.2, 0) is 0 Å². The highest BCUT2D eigenvalue weighted by Crippen LogP contribution is 2.23. The van der Waals surface area contributed by atoms with Crippen LogP contribution in [0.2, 0.25) is 0 Å². The molecule has 1 aliphatic rings. The van der Waals surface area contributed by atoms with Crippen LogP contribution >= 0.6 is 0 Å². The van der Waals surface area contributed by atoms with Gasteiger partial charge in [-0.05, 0) is 44.8 Å². The lowest BCUT2D eigenvalue weighted by atomic mass is 9.91. The molecule has 1 saturated heterocycles. The second-order valence-electron chi connectivity index (χ2n) is 5.52. The minimum absolute atomic E-state index is 0.780. The number of hydrogen-bond acceptors (Lipinski definition) is 2. The predicted octanol–water partition coefficient (Wildman–Crippen LogP) is 3.28. The molecule has 0 bridgehead atoms. The molecule has 0 radical (unpaired) electrons. The van der Waals surface area contributed by atoms with Crippen LogP contribution in [0.3, 0.4) is 0 Å². The molecule has 0 aromatic heterocycles. The second kappa shape index (κ2) is 8.93. The Kier molecular flexibility index (Phi) is 7.87. The number of hydrogen-bond donors (Lipinski definition) is 1. The summed E-state index contributed by atoms with van der Waals surface area (Å²) in [6.07, 6.45) is 8.33. The Morgan fingerprint density at radius 3 is 2.35 bits per heavy atom. The van der Waals surface area contributed by atoms with E-state index in [0.29, 0.717) is 0 Å². The quantitative estimate of drug-likeness (QED) is 0.700. The van der Waals surface area contributed by atoms with Crippen LogP contribution in [0, 0.1) is 5.92 Å². The number of likely N-dealkylation sites (tertiary alicyclic amines) is 1. The van der Waals surface area contributed by atoms with Gasteiger partial charge in [0.1, 0.15) is 0 Å². The van der Waals surface area contributed by atoms with Crippen molar-refractivity contribution in [1.82, 2.24) is 10.2 Å². The van der Waals surface area contributed by atoms with Crippen molar-refractivity contribution in [2.75, 3.05) is 26.2 Å². The van der Waals surface area contributed by atoms with E-state index in [1.807, 2.05) is 0 Å². The molecule has 17 heavy (non-hydrogen) atoms. The molecule has 2 heteroatoms. The molecule has 0 aliphatic carbocycles. The fourth-order valence-electron chi connectivity index (χ4n) is 3.07. The zero-order valence-corrected chi connectivity index (χ0v) is 12.2. The largest absolute Gasteiger partial charge is 0.315 e. The monoisotopic (exact) mass is 240 g/mol. The van der Waals surface area contributed by atoms with Crippen LogP contribution in [0.25, 0.3) is 0 Å². The third-order valence-corrected chi connectivity index (χ3v) is 4.11. The van der Waals surface area contributed by atoms with E-state index in [1.165, 1.54) is 58.2 Å². The van der Waals surface area contributed by atoms with Gasteiger partial charge in [-0.3, -0.25) is 4.90 Å². The highest BCUT2D eigenvalue weighted by atomic mass is 15.2. The average Bonchev–Trinajstić information content (AvgIpc) is 2.36. The van der Waals surface area contributed by atoms with Gasteiger partial charge in [-0.2, -0.15) is 0 Å². The van der Waals surface area contributed by atoms with E-state index >= 15 is 0 Å². The van der Waals surface area contributed by atoms with Crippen molar-refractivity contribution in [1.29, 1.82) is 0 Å². The topological polar surface area (TPSA) is 15.3 Å².